The predicted molar refractivity (Wildman–Crippen MR) is 81.8 cm³/mol. The molecule has 0 bridgehead atoms. The van der Waals surface area contributed by atoms with E-state index in [2.05, 4.69) is 10.3 Å². The zero-order valence-electron chi connectivity index (χ0n) is 13.2. The highest BCUT2D eigenvalue weighted by molar-refractivity contribution is 6.09. The molecule has 0 aromatic rings. The molecular formula is C14H20N4O4. The largest absolute Gasteiger partial charge is 0.477 e. The minimum Gasteiger partial charge on any atom is -0.477 e. The molecule has 1 amide bonds. The average molecular weight is 308 g/mol. The van der Waals surface area contributed by atoms with Crippen LogP contribution in [-0.2, 0) is 9.53 Å². The van der Waals surface area contributed by atoms with Crippen LogP contribution in [0.1, 0.15) is 27.7 Å². The van der Waals surface area contributed by atoms with Gasteiger partial charge in [0.05, 0.1) is 0 Å². The van der Waals surface area contributed by atoms with Gasteiger partial charge in [0.25, 0.3) is 0 Å². The Morgan fingerprint density at radius 1 is 1.45 bits per heavy atom. The number of carbonyl (C=O) groups excluding carboxylic acids is 1. The van der Waals surface area contributed by atoms with Crippen molar-refractivity contribution in [3.63, 3.8) is 0 Å². The molecule has 0 atom stereocenters. The fraction of sp³-hybridized carbons (Fsp3) is 0.429. The minimum atomic E-state index is -1.28. The summed E-state index contributed by atoms with van der Waals surface area (Å²) in [4.78, 5) is 28.4. The van der Waals surface area contributed by atoms with E-state index in [1.807, 2.05) is 0 Å². The van der Waals surface area contributed by atoms with Crippen LogP contribution in [-0.4, -0.2) is 46.6 Å². The standard InChI is InChI=1S/C14H20N4O4/c1-8-6-10(18(5)13(21)22-14(2,3)4)17-11(16-8)9(7-15)12(19)20/h6-7,15,17H,1-5H3,(H,19,20)/b11-9+,15-7?. The number of carbonyl (C=O) groups is 2. The van der Waals surface area contributed by atoms with E-state index in [9.17, 15) is 9.59 Å². The van der Waals surface area contributed by atoms with Gasteiger partial charge in [-0.15, -0.1) is 0 Å². The second-order valence-corrected chi connectivity index (χ2v) is 5.66. The number of ether oxygens (including phenoxy) is 1. The number of nitrogens with one attached hydrogen (secondary N) is 2. The van der Waals surface area contributed by atoms with Gasteiger partial charge >= 0.3 is 12.1 Å². The molecule has 0 unspecified atom stereocenters. The van der Waals surface area contributed by atoms with Gasteiger partial charge in [-0.2, -0.15) is 0 Å². The number of amides is 1. The lowest BCUT2D eigenvalue weighted by molar-refractivity contribution is -0.132. The smallest absolute Gasteiger partial charge is 0.415 e. The van der Waals surface area contributed by atoms with Crippen molar-refractivity contribution in [3.05, 3.63) is 23.3 Å². The molecule has 0 radical (unpaired) electrons. The first kappa shape index (κ1) is 17.4. The molecule has 1 rings (SSSR count). The topological polar surface area (TPSA) is 115 Å². The number of aliphatic carboxylic acids is 1. The monoisotopic (exact) mass is 308 g/mol. The highest BCUT2D eigenvalue weighted by Gasteiger charge is 2.25. The molecule has 3 N–H and O–H groups in total. The Bertz CT molecular complexity index is 596. The van der Waals surface area contributed by atoms with E-state index in [1.165, 1.54) is 11.9 Å². The van der Waals surface area contributed by atoms with Gasteiger partial charge in [0.15, 0.2) is 0 Å². The van der Waals surface area contributed by atoms with E-state index in [4.69, 9.17) is 15.3 Å². The highest BCUT2D eigenvalue weighted by atomic mass is 16.6. The third-order valence-corrected chi connectivity index (χ3v) is 2.54. The van der Waals surface area contributed by atoms with Gasteiger partial charge < -0.3 is 20.6 Å². The molecule has 0 aromatic carbocycles. The van der Waals surface area contributed by atoms with E-state index in [-0.39, 0.29) is 11.4 Å². The van der Waals surface area contributed by atoms with Gasteiger partial charge in [-0.05, 0) is 27.7 Å². The molecule has 0 fully saturated rings. The summed E-state index contributed by atoms with van der Waals surface area (Å²) in [5.74, 6) is -0.972. The van der Waals surface area contributed by atoms with Crippen molar-refractivity contribution in [2.24, 2.45) is 4.99 Å². The SMILES string of the molecule is CC1=N/C(=C(/C=N)C(=O)O)NC(N(C)C(=O)OC(C)(C)C)=C1. The van der Waals surface area contributed by atoms with E-state index in [1.54, 1.807) is 33.8 Å². The average Bonchev–Trinajstić information content (AvgIpc) is 2.35. The third kappa shape index (κ3) is 4.44. The molecule has 8 heteroatoms. The Balaban J connectivity index is 3.08. The first-order valence-corrected chi connectivity index (χ1v) is 6.54. The number of rotatable bonds is 3. The zero-order valence-corrected chi connectivity index (χ0v) is 13.2. The summed E-state index contributed by atoms with van der Waals surface area (Å²) < 4.78 is 5.25. The van der Waals surface area contributed by atoms with Gasteiger partial charge in [-0.1, -0.05) is 0 Å². The summed E-state index contributed by atoms with van der Waals surface area (Å²) in [6.07, 6.45) is 1.68. The zero-order chi connectivity index (χ0) is 17.1. The van der Waals surface area contributed by atoms with Crippen LogP contribution in [0.4, 0.5) is 4.79 Å². The molecule has 22 heavy (non-hydrogen) atoms. The van der Waals surface area contributed by atoms with Crippen molar-refractivity contribution in [2.75, 3.05) is 7.05 Å². The Morgan fingerprint density at radius 3 is 2.50 bits per heavy atom. The molecule has 0 spiro atoms. The maximum Gasteiger partial charge on any atom is 0.415 e. The summed E-state index contributed by atoms with van der Waals surface area (Å²) in [5.41, 5.74) is -0.453. The molecule has 120 valence electrons. The molecule has 1 aliphatic heterocycles. The lowest BCUT2D eigenvalue weighted by atomic mass is 10.2. The maximum atomic E-state index is 12.1. The number of hydrogen-bond acceptors (Lipinski definition) is 6. The molecular weight excluding hydrogens is 288 g/mol. The Labute approximate surface area is 128 Å². The van der Waals surface area contributed by atoms with Gasteiger partial charge in [0.2, 0.25) is 0 Å². The Morgan fingerprint density at radius 2 is 2.05 bits per heavy atom. The lowest BCUT2D eigenvalue weighted by Crippen LogP contribution is -2.39. The van der Waals surface area contributed by atoms with Gasteiger partial charge in [0, 0.05) is 25.0 Å². The number of carboxylic acids is 1. The van der Waals surface area contributed by atoms with Crippen LogP contribution in [0.5, 0.6) is 0 Å². The summed E-state index contributed by atoms with van der Waals surface area (Å²) in [6.45, 7) is 6.90. The molecule has 0 aromatic heterocycles. The molecule has 8 nitrogen and oxygen atoms in total. The molecule has 0 aliphatic carbocycles. The van der Waals surface area contributed by atoms with Crippen LogP contribution in [0.25, 0.3) is 0 Å². The fourth-order valence-electron chi connectivity index (χ4n) is 1.56. The quantitative estimate of drug-likeness (QED) is 0.542. The summed E-state index contributed by atoms with van der Waals surface area (Å²) in [5, 5.41) is 19.0. The third-order valence-electron chi connectivity index (χ3n) is 2.54. The van der Waals surface area contributed by atoms with Crippen LogP contribution >= 0.6 is 0 Å². The number of carboxylic acid groups (broad SMARTS) is 1. The van der Waals surface area contributed by atoms with Gasteiger partial charge in [0.1, 0.15) is 22.8 Å². The molecule has 0 saturated heterocycles. The minimum absolute atomic E-state index is 0.00657. The van der Waals surface area contributed by atoms with E-state index < -0.39 is 17.7 Å². The van der Waals surface area contributed by atoms with Crippen LogP contribution in [0.15, 0.2) is 28.3 Å². The normalized spacial score (nSPS) is 16.8. The van der Waals surface area contributed by atoms with Crippen molar-refractivity contribution in [3.8, 4) is 0 Å². The van der Waals surface area contributed by atoms with Crippen molar-refractivity contribution < 1.29 is 19.4 Å². The first-order chi connectivity index (χ1) is 10.0. The first-order valence-electron chi connectivity index (χ1n) is 6.54. The number of hydrogen-bond donors (Lipinski definition) is 3. The van der Waals surface area contributed by atoms with Gasteiger partial charge in [-0.25, -0.2) is 14.6 Å². The number of nitrogens with zero attached hydrogens (tertiary/aromatic N) is 2. The van der Waals surface area contributed by atoms with Crippen LogP contribution in [0, 0.1) is 5.41 Å². The van der Waals surface area contributed by atoms with Crippen molar-refractivity contribution >= 4 is 24.0 Å². The maximum absolute atomic E-state index is 12.1. The molecule has 0 saturated carbocycles. The summed E-state index contributed by atoms with van der Waals surface area (Å²) >= 11 is 0. The van der Waals surface area contributed by atoms with Crippen LogP contribution < -0.4 is 5.32 Å². The fourth-order valence-corrected chi connectivity index (χ4v) is 1.56. The Hall–Kier alpha value is -2.64. The highest BCUT2D eigenvalue weighted by Crippen LogP contribution is 2.16. The second kappa shape index (κ2) is 6.42. The summed E-state index contributed by atoms with van der Waals surface area (Å²) in [6, 6.07) is 0. The van der Waals surface area contributed by atoms with Crippen LogP contribution in [0.3, 0.4) is 0 Å². The van der Waals surface area contributed by atoms with Crippen molar-refractivity contribution in [1.29, 1.82) is 5.41 Å². The van der Waals surface area contributed by atoms with E-state index in [0.29, 0.717) is 17.7 Å². The number of aliphatic imine (C=N–C) groups is 1. The Kier molecular flexibility index (Phi) is 5.08. The predicted octanol–water partition coefficient (Wildman–Crippen LogP) is 1.70. The van der Waals surface area contributed by atoms with Crippen molar-refractivity contribution in [2.45, 2.75) is 33.3 Å². The van der Waals surface area contributed by atoms with Crippen molar-refractivity contribution in [1.82, 2.24) is 10.2 Å². The molecule has 1 heterocycles. The molecule has 1 aliphatic rings. The summed E-state index contributed by atoms with van der Waals surface area (Å²) in [7, 11) is 1.49. The second-order valence-electron chi connectivity index (χ2n) is 5.66. The van der Waals surface area contributed by atoms with Crippen LogP contribution in [0.2, 0.25) is 0 Å². The van der Waals surface area contributed by atoms with E-state index in [0.717, 1.165) is 0 Å². The number of allylic oxidation sites excluding steroid dienone is 1. The van der Waals surface area contributed by atoms with Gasteiger partial charge in [-0.3, -0.25) is 4.90 Å². The van der Waals surface area contributed by atoms with E-state index >= 15 is 0 Å². The lowest BCUT2D eigenvalue weighted by Gasteiger charge is -2.28.